The van der Waals surface area contributed by atoms with Crippen molar-refractivity contribution in [2.45, 2.75) is 0 Å². The van der Waals surface area contributed by atoms with Crippen LogP contribution in [0.4, 0.5) is 0 Å². The minimum Gasteiger partial charge on any atom is -0.236 e. The third-order valence-corrected chi connectivity index (χ3v) is 11.1. The molecule has 0 unspecified atom stereocenters. The topological polar surface area (TPSA) is 51.6 Å². The van der Waals surface area contributed by atoms with Crippen molar-refractivity contribution in [2.24, 2.45) is 0 Å². The Labute approximate surface area is 323 Å². The van der Waals surface area contributed by atoms with Crippen molar-refractivity contribution in [3.8, 4) is 78.1 Å². The number of fused-ring (bicyclic) bond motifs is 2. The predicted octanol–water partition coefficient (Wildman–Crippen LogP) is 13.3. The zero-order valence-electron chi connectivity index (χ0n) is 29.7. The maximum Gasteiger partial charge on any atom is 0.164 e. The quantitative estimate of drug-likeness (QED) is 0.164. The second kappa shape index (κ2) is 14.0. The van der Waals surface area contributed by atoms with Gasteiger partial charge in [0.1, 0.15) is 5.01 Å². The van der Waals surface area contributed by atoms with Gasteiger partial charge in [-0.1, -0.05) is 170 Å². The summed E-state index contributed by atoms with van der Waals surface area (Å²) in [5.74, 6) is 1.85. The summed E-state index contributed by atoms with van der Waals surface area (Å²) in [7, 11) is 0. The van der Waals surface area contributed by atoms with Gasteiger partial charge in [-0.15, -0.1) is 11.3 Å². The van der Waals surface area contributed by atoms with E-state index in [1.165, 1.54) is 33.0 Å². The molecule has 0 fully saturated rings. The van der Waals surface area contributed by atoms with Crippen LogP contribution in [0.15, 0.2) is 194 Å². The van der Waals surface area contributed by atoms with Crippen molar-refractivity contribution in [1.82, 2.24) is 19.9 Å². The van der Waals surface area contributed by atoms with Crippen LogP contribution in [-0.2, 0) is 0 Å². The second-order valence-electron chi connectivity index (χ2n) is 13.5. The number of aromatic nitrogens is 4. The molecule has 0 bridgehead atoms. The summed E-state index contributed by atoms with van der Waals surface area (Å²) >= 11 is 1.69. The highest BCUT2D eigenvalue weighted by Crippen LogP contribution is 2.35. The van der Waals surface area contributed by atoms with Gasteiger partial charge in [-0.25, -0.2) is 19.9 Å². The molecule has 5 heteroatoms. The van der Waals surface area contributed by atoms with Gasteiger partial charge in [0.2, 0.25) is 0 Å². The van der Waals surface area contributed by atoms with E-state index in [2.05, 4.69) is 182 Å². The number of nitrogens with zero attached hydrogens (tertiary/aromatic N) is 4. The van der Waals surface area contributed by atoms with Crippen molar-refractivity contribution in [1.29, 1.82) is 0 Å². The molecule has 0 aliphatic carbocycles. The van der Waals surface area contributed by atoms with E-state index in [9.17, 15) is 0 Å². The van der Waals surface area contributed by atoms with Gasteiger partial charge < -0.3 is 0 Å². The van der Waals surface area contributed by atoms with E-state index in [0.29, 0.717) is 17.5 Å². The van der Waals surface area contributed by atoms with E-state index in [1.54, 1.807) is 11.3 Å². The molecule has 0 radical (unpaired) electrons. The van der Waals surface area contributed by atoms with E-state index >= 15 is 0 Å². The summed E-state index contributed by atoms with van der Waals surface area (Å²) in [4.78, 5) is 20.2. The molecule has 0 spiro atoms. The van der Waals surface area contributed by atoms with Crippen LogP contribution < -0.4 is 0 Å². The lowest BCUT2D eigenvalue weighted by molar-refractivity contribution is 1.07. The highest BCUT2D eigenvalue weighted by molar-refractivity contribution is 7.21. The Bertz CT molecular complexity index is 2840. The SMILES string of the molecule is c1ccc(-c2ccc(-c3nc(-c4ccc(-c5ccccc5)cc4)nc(-c4ccc5sc(-c6ccc(-c7ccc8ccccc8c7)cc6)nc5c4)n3)cc2)cc1. The van der Waals surface area contributed by atoms with E-state index in [1.807, 2.05) is 12.1 Å². The van der Waals surface area contributed by atoms with Crippen molar-refractivity contribution in [3.63, 3.8) is 0 Å². The Morgan fingerprint density at radius 2 is 0.691 bits per heavy atom. The van der Waals surface area contributed by atoms with Crippen LogP contribution in [0.3, 0.4) is 0 Å². The molecule has 10 aromatic rings. The lowest BCUT2D eigenvalue weighted by Crippen LogP contribution is -2.00. The maximum absolute atomic E-state index is 5.10. The average Bonchev–Trinajstić information content (AvgIpc) is 3.71. The van der Waals surface area contributed by atoms with Gasteiger partial charge in [-0.3, -0.25) is 0 Å². The lowest BCUT2D eigenvalue weighted by Gasteiger charge is -2.10. The number of thiazole rings is 1. The molecule has 8 aromatic carbocycles. The van der Waals surface area contributed by atoms with Crippen LogP contribution in [-0.4, -0.2) is 19.9 Å². The van der Waals surface area contributed by atoms with E-state index in [0.717, 1.165) is 48.6 Å². The van der Waals surface area contributed by atoms with Crippen molar-refractivity contribution >= 4 is 32.3 Å². The van der Waals surface area contributed by atoms with Crippen LogP contribution in [0, 0.1) is 0 Å². The molecular weight excluding hydrogens is 689 g/mol. The summed E-state index contributed by atoms with van der Waals surface area (Å²) < 4.78 is 1.11. The van der Waals surface area contributed by atoms with Crippen molar-refractivity contribution in [3.05, 3.63) is 194 Å². The Morgan fingerprint density at radius 1 is 0.273 bits per heavy atom. The standard InChI is InChI=1S/C50H32N4S/c1-3-9-33(10-4-1)36-15-22-39(23-16-36)47-52-48(40-24-17-37(18-25-40)34-11-5-2-6-12-34)54-49(53-47)44-29-30-46-45(32-44)51-50(55-46)41-26-19-38(20-27-41)43-28-21-35-13-7-8-14-42(35)31-43/h1-32H. The number of hydrogen-bond donors (Lipinski definition) is 0. The molecule has 55 heavy (non-hydrogen) atoms. The summed E-state index contributed by atoms with van der Waals surface area (Å²) in [5, 5.41) is 3.47. The Hall–Kier alpha value is -7.08. The average molecular weight is 721 g/mol. The number of hydrogen-bond acceptors (Lipinski definition) is 5. The zero-order chi connectivity index (χ0) is 36.6. The van der Waals surface area contributed by atoms with E-state index in [4.69, 9.17) is 19.9 Å². The molecule has 0 saturated carbocycles. The fourth-order valence-corrected chi connectivity index (χ4v) is 7.96. The molecular formula is C50H32N4S. The maximum atomic E-state index is 5.10. The summed E-state index contributed by atoms with van der Waals surface area (Å²) in [6.45, 7) is 0. The molecule has 0 aliphatic rings. The lowest BCUT2D eigenvalue weighted by atomic mass is 10.0. The molecule has 2 aromatic heterocycles. The summed E-state index contributed by atoms with van der Waals surface area (Å²) in [6.07, 6.45) is 0. The minimum atomic E-state index is 0.607. The molecule has 4 nitrogen and oxygen atoms in total. The van der Waals surface area contributed by atoms with Crippen molar-refractivity contribution in [2.75, 3.05) is 0 Å². The third kappa shape index (κ3) is 6.58. The van der Waals surface area contributed by atoms with Gasteiger partial charge in [-0.2, -0.15) is 0 Å². The smallest absolute Gasteiger partial charge is 0.164 e. The van der Waals surface area contributed by atoms with Gasteiger partial charge in [0, 0.05) is 22.3 Å². The summed E-state index contributed by atoms with van der Waals surface area (Å²) in [5.41, 5.74) is 11.8. The third-order valence-electron chi connectivity index (χ3n) is 10.00. The zero-order valence-corrected chi connectivity index (χ0v) is 30.5. The largest absolute Gasteiger partial charge is 0.236 e. The molecule has 0 atom stereocenters. The normalized spacial score (nSPS) is 11.3. The van der Waals surface area contributed by atoms with Crippen LogP contribution in [0.25, 0.3) is 99.1 Å². The molecule has 0 amide bonds. The Balaban J connectivity index is 0.999. The first kappa shape index (κ1) is 32.6. The van der Waals surface area contributed by atoms with Gasteiger partial charge in [0.25, 0.3) is 0 Å². The van der Waals surface area contributed by atoms with Crippen LogP contribution in [0.5, 0.6) is 0 Å². The minimum absolute atomic E-state index is 0.607. The fraction of sp³-hybridized carbons (Fsp3) is 0. The number of rotatable bonds is 7. The molecule has 0 N–H and O–H groups in total. The first-order chi connectivity index (χ1) is 27.2. The summed E-state index contributed by atoms with van der Waals surface area (Å²) in [6, 6.07) is 67.7. The highest BCUT2D eigenvalue weighted by Gasteiger charge is 2.15. The number of benzene rings is 8. The second-order valence-corrected chi connectivity index (χ2v) is 14.6. The molecule has 0 aliphatic heterocycles. The van der Waals surface area contributed by atoms with Gasteiger partial charge in [-0.05, 0) is 68.4 Å². The van der Waals surface area contributed by atoms with E-state index < -0.39 is 0 Å². The van der Waals surface area contributed by atoms with E-state index in [-0.39, 0.29) is 0 Å². The van der Waals surface area contributed by atoms with Crippen molar-refractivity contribution < 1.29 is 0 Å². The van der Waals surface area contributed by atoms with Gasteiger partial charge in [0.15, 0.2) is 17.5 Å². The Morgan fingerprint density at radius 3 is 1.27 bits per heavy atom. The first-order valence-corrected chi connectivity index (χ1v) is 19.1. The molecule has 2 heterocycles. The molecule has 10 rings (SSSR count). The van der Waals surface area contributed by atoms with Gasteiger partial charge in [0.05, 0.1) is 10.2 Å². The van der Waals surface area contributed by atoms with Crippen LogP contribution >= 0.6 is 11.3 Å². The highest BCUT2D eigenvalue weighted by atomic mass is 32.1. The van der Waals surface area contributed by atoms with Crippen LogP contribution in [0.1, 0.15) is 0 Å². The first-order valence-electron chi connectivity index (χ1n) is 18.3. The predicted molar refractivity (Wildman–Crippen MR) is 229 cm³/mol. The molecule has 258 valence electrons. The monoisotopic (exact) mass is 720 g/mol. The molecule has 0 saturated heterocycles. The Kier molecular flexibility index (Phi) is 8.32. The fourth-order valence-electron chi connectivity index (χ4n) is 7.01. The van der Waals surface area contributed by atoms with Crippen LogP contribution in [0.2, 0.25) is 0 Å². The van der Waals surface area contributed by atoms with Gasteiger partial charge >= 0.3 is 0 Å².